The SMILES string of the molecule is Cc1ccoc1C(=O)NCC(C)(O)CO. The first-order chi connectivity index (χ1) is 6.96. The number of carbonyl (C=O) groups is 1. The summed E-state index contributed by atoms with van der Waals surface area (Å²) < 4.78 is 4.97. The smallest absolute Gasteiger partial charge is 0.287 e. The fourth-order valence-corrected chi connectivity index (χ4v) is 1.01. The quantitative estimate of drug-likeness (QED) is 0.660. The van der Waals surface area contributed by atoms with Crippen LogP contribution in [0.1, 0.15) is 23.0 Å². The fourth-order valence-electron chi connectivity index (χ4n) is 1.01. The zero-order chi connectivity index (χ0) is 11.5. The number of rotatable bonds is 4. The molecule has 1 atom stereocenters. The van der Waals surface area contributed by atoms with Gasteiger partial charge in [-0.3, -0.25) is 4.79 Å². The van der Waals surface area contributed by atoms with Crippen LogP contribution in [0.3, 0.4) is 0 Å². The number of aryl methyl sites for hydroxylation is 1. The molecule has 0 bridgehead atoms. The van der Waals surface area contributed by atoms with Crippen LogP contribution in [0.5, 0.6) is 0 Å². The Morgan fingerprint density at radius 3 is 2.80 bits per heavy atom. The van der Waals surface area contributed by atoms with Crippen LogP contribution in [0.15, 0.2) is 16.7 Å². The van der Waals surface area contributed by atoms with Crippen molar-refractivity contribution in [1.82, 2.24) is 5.32 Å². The molecule has 0 aromatic carbocycles. The fraction of sp³-hybridized carbons (Fsp3) is 0.500. The third-order valence-electron chi connectivity index (χ3n) is 2.04. The second-order valence-corrected chi connectivity index (χ2v) is 3.77. The molecule has 0 aliphatic rings. The summed E-state index contributed by atoms with van der Waals surface area (Å²) in [5.74, 6) is -0.171. The molecule has 15 heavy (non-hydrogen) atoms. The summed E-state index contributed by atoms with van der Waals surface area (Å²) in [4.78, 5) is 11.5. The second-order valence-electron chi connectivity index (χ2n) is 3.77. The van der Waals surface area contributed by atoms with Crippen molar-refractivity contribution < 1.29 is 19.4 Å². The number of carbonyl (C=O) groups excluding carboxylic acids is 1. The summed E-state index contributed by atoms with van der Waals surface area (Å²) >= 11 is 0. The maximum atomic E-state index is 11.5. The normalized spacial score (nSPS) is 14.7. The van der Waals surface area contributed by atoms with E-state index >= 15 is 0 Å². The van der Waals surface area contributed by atoms with Gasteiger partial charge in [0.25, 0.3) is 5.91 Å². The first-order valence-electron chi connectivity index (χ1n) is 4.62. The summed E-state index contributed by atoms with van der Waals surface area (Å²) in [6, 6.07) is 1.68. The third kappa shape index (κ3) is 3.07. The molecule has 0 saturated carbocycles. The van der Waals surface area contributed by atoms with E-state index in [1.54, 1.807) is 13.0 Å². The Bertz CT molecular complexity index is 343. The zero-order valence-corrected chi connectivity index (χ0v) is 8.78. The molecule has 0 saturated heterocycles. The van der Waals surface area contributed by atoms with Crippen LogP contribution in [0, 0.1) is 6.92 Å². The number of amides is 1. The van der Waals surface area contributed by atoms with Crippen molar-refractivity contribution in [2.24, 2.45) is 0 Å². The lowest BCUT2D eigenvalue weighted by molar-refractivity contribution is 0.00299. The van der Waals surface area contributed by atoms with Crippen molar-refractivity contribution in [3.8, 4) is 0 Å². The molecule has 0 spiro atoms. The molecule has 1 rings (SSSR count). The standard InChI is InChI=1S/C10H15NO4/c1-7-3-4-15-8(7)9(13)11-5-10(2,14)6-12/h3-4,12,14H,5-6H2,1-2H3,(H,11,13). The van der Waals surface area contributed by atoms with Crippen LogP contribution in [0.4, 0.5) is 0 Å². The Balaban J connectivity index is 2.55. The predicted molar refractivity (Wildman–Crippen MR) is 53.5 cm³/mol. The van der Waals surface area contributed by atoms with Crippen molar-refractivity contribution >= 4 is 5.91 Å². The van der Waals surface area contributed by atoms with Gasteiger partial charge in [0.2, 0.25) is 0 Å². The van der Waals surface area contributed by atoms with E-state index in [-0.39, 0.29) is 12.3 Å². The summed E-state index contributed by atoms with van der Waals surface area (Å²) in [7, 11) is 0. The molecule has 0 aliphatic heterocycles. The molecule has 0 fully saturated rings. The minimum atomic E-state index is -1.31. The van der Waals surface area contributed by atoms with Gasteiger partial charge in [-0.1, -0.05) is 0 Å². The van der Waals surface area contributed by atoms with Gasteiger partial charge in [0.1, 0.15) is 5.60 Å². The van der Waals surface area contributed by atoms with E-state index in [1.165, 1.54) is 13.2 Å². The predicted octanol–water partition coefficient (Wildman–Crippen LogP) is 0.0611. The molecule has 5 nitrogen and oxygen atoms in total. The molecule has 0 aliphatic carbocycles. The van der Waals surface area contributed by atoms with Gasteiger partial charge < -0.3 is 19.9 Å². The molecule has 1 amide bonds. The molecule has 1 aromatic rings. The van der Waals surface area contributed by atoms with Crippen LogP contribution >= 0.6 is 0 Å². The monoisotopic (exact) mass is 213 g/mol. The number of aliphatic hydroxyl groups is 2. The highest BCUT2D eigenvalue weighted by molar-refractivity contribution is 5.92. The summed E-state index contributed by atoms with van der Waals surface area (Å²) in [6.07, 6.45) is 1.43. The molecule has 3 N–H and O–H groups in total. The maximum absolute atomic E-state index is 11.5. The van der Waals surface area contributed by atoms with Crippen molar-refractivity contribution in [3.63, 3.8) is 0 Å². The number of nitrogens with one attached hydrogen (secondary N) is 1. The van der Waals surface area contributed by atoms with Gasteiger partial charge in [-0.2, -0.15) is 0 Å². The third-order valence-corrected chi connectivity index (χ3v) is 2.04. The van der Waals surface area contributed by atoms with Gasteiger partial charge in [-0.25, -0.2) is 0 Å². The zero-order valence-electron chi connectivity index (χ0n) is 8.78. The minimum Gasteiger partial charge on any atom is -0.459 e. The maximum Gasteiger partial charge on any atom is 0.287 e. The summed E-state index contributed by atoms with van der Waals surface area (Å²) in [5, 5.41) is 20.7. The van der Waals surface area contributed by atoms with Crippen LogP contribution in [0.25, 0.3) is 0 Å². The Morgan fingerprint density at radius 1 is 1.67 bits per heavy atom. The molecule has 5 heteroatoms. The van der Waals surface area contributed by atoms with Crippen LogP contribution < -0.4 is 5.32 Å². The van der Waals surface area contributed by atoms with Gasteiger partial charge >= 0.3 is 0 Å². The largest absolute Gasteiger partial charge is 0.459 e. The van der Waals surface area contributed by atoms with Gasteiger partial charge in [0, 0.05) is 12.1 Å². The Kier molecular flexibility index (Phi) is 3.49. The van der Waals surface area contributed by atoms with Crippen LogP contribution in [-0.2, 0) is 0 Å². The first-order valence-corrected chi connectivity index (χ1v) is 4.62. The molecule has 0 radical (unpaired) electrons. The highest BCUT2D eigenvalue weighted by Crippen LogP contribution is 2.08. The Labute approximate surface area is 87.7 Å². The molecule has 1 unspecified atom stereocenters. The summed E-state index contributed by atoms with van der Waals surface area (Å²) in [6.45, 7) is 2.75. The summed E-state index contributed by atoms with van der Waals surface area (Å²) in [5.41, 5.74) is -0.577. The van der Waals surface area contributed by atoms with Gasteiger partial charge in [0.05, 0.1) is 12.9 Å². The van der Waals surface area contributed by atoms with E-state index in [0.29, 0.717) is 0 Å². The van der Waals surface area contributed by atoms with Crippen molar-refractivity contribution in [3.05, 3.63) is 23.7 Å². The van der Waals surface area contributed by atoms with E-state index in [4.69, 9.17) is 9.52 Å². The van der Waals surface area contributed by atoms with Crippen LogP contribution in [0.2, 0.25) is 0 Å². The van der Waals surface area contributed by atoms with Crippen molar-refractivity contribution in [2.75, 3.05) is 13.2 Å². The van der Waals surface area contributed by atoms with E-state index in [2.05, 4.69) is 5.32 Å². The number of hydrogen-bond acceptors (Lipinski definition) is 4. The number of aliphatic hydroxyl groups excluding tert-OH is 1. The first kappa shape index (κ1) is 11.7. The van der Waals surface area contributed by atoms with E-state index in [0.717, 1.165) is 5.56 Å². The molecular weight excluding hydrogens is 198 g/mol. The lowest BCUT2D eigenvalue weighted by atomic mass is 10.1. The van der Waals surface area contributed by atoms with Crippen LogP contribution in [-0.4, -0.2) is 34.9 Å². The van der Waals surface area contributed by atoms with E-state index in [9.17, 15) is 9.90 Å². The van der Waals surface area contributed by atoms with Gasteiger partial charge in [-0.05, 0) is 19.9 Å². The number of hydrogen-bond donors (Lipinski definition) is 3. The molecule has 1 heterocycles. The van der Waals surface area contributed by atoms with Gasteiger partial charge in [-0.15, -0.1) is 0 Å². The highest BCUT2D eigenvalue weighted by Gasteiger charge is 2.21. The Hall–Kier alpha value is -1.33. The van der Waals surface area contributed by atoms with Crippen molar-refractivity contribution in [1.29, 1.82) is 0 Å². The minimum absolute atomic E-state index is 0.0253. The average Bonchev–Trinajstić information content (AvgIpc) is 2.61. The lowest BCUT2D eigenvalue weighted by Gasteiger charge is -2.20. The van der Waals surface area contributed by atoms with E-state index in [1.807, 2.05) is 0 Å². The van der Waals surface area contributed by atoms with E-state index < -0.39 is 18.1 Å². The molecular formula is C10H15NO4. The second kappa shape index (κ2) is 4.46. The molecule has 1 aromatic heterocycles. The number of furan rings is 1. The van der Waals surface area contributed by atoms with Gasteiger partial charge in [0.15, 0.2) is 5.76 Å². The Morgan fingerprint density at radius 2 is 2.33 bits per heavy atom. The topological polar surface area (TPSA) is 82.7 Å². The average molecular weight is 213 g/mol. The highest BCUT2D eigenvalue weighted by atomic mass is 16.3. The molecule has 84 valence electrons. The van der Waals surface area contributed by atoms with Crippen molar-refractivity contribution in [2.45, 2.75) is 19.4 Å². The lowest BCUT2D eigenvalue weighted by Crippen LogP contribution is -2.43.